The van der Waals surface area contributed by atoms with E-state index in [0.717, 1.165) is 74.5 Å². The molecule has 0 atom stereocenters. The molecule has 0 radical (unpaired) electrons. The fourth-order valence-electron chi connectivity index (χ4n) is 3.78. The lowest BCUT2D eigenvalue weighted by Gasteiger charge is -2.36. The van der Waals surface area contributed by atoms with Crippen molar-refractivity contribution in [3.05, 3.63) is 66.2 Å². The fraction of sp³-hybridized carbons (Fsp3) is 0.417. The van der Waals surface area contributed by atoms with Crippen LogP contribution in [0.1, 0.15) is 12.8 Å². The van der Waals surface area contributed by atoms with E-state index in [2.05, 4.69) is 34.1 Å². The zero-order valence-corrected chi connectivity index (χ0v) is 19.0. The molecule has 4 rings (SSSR count). The topological polar surface area (TPSA) is 43.4 Å². The van der Waals surface area contributed by atoms with Gasteiger partial charge in [-0.25, -0.2) is 0 Å². The lowest BCUT2D eigenvalue weighted by Crippen LogP contribution is -2.46. The van der Waals surface area contributed by atoms with Crippen LogP contribution in [0.4, 0.5) is 0 Å². The number of hydrogen-bond donors (Lipinski definition) is 0. The van der Waals surface area contributed by atoms with E-state index in [1.165, 1.54) is 10.5 Å². The van der Waals surface area contributed by atoms with E-state index < -0.39 is 0 Å². The normalized spacial score (nSPS) is 19.0. The summed E-state index contributed by atoms with van der Waals surface area (Å²) in [7, 11) is 3.33. The first-order chi connectivity index (χ1) is 15.3. The maximum atomic E-state index is 5.89. The maximum absolute atomic E-state index is 5.89. The highest BCUT2D eigenvalue weighted by atomic mass is 32.2. The number of nitrogens with zero attached hydrogens (tertiary/aromatic N) is 2. The molecular weight excluding hydrogens is 412 g/mol. The third-order valence-corrected chi connectivity index (χ3v) is 6.59. The quantitative estimate of drug-likeness (QED) is 0.554. The van der Waals surface area contributed by atoms with Gasteiger partial charge in [-0.15, -0.1) is 11.8 Å². The van der Waals surface area contributed by atoms with Crippen LogP contribution in [0.15, 0.2) is 71.1 Å². The van der Waals surface area contributed by atoms with E-state index in [1.807, 2.05) is 23.9 Å². The highest BCUT2D eigenvalue weighted by Crippen LogP contribution is 2.32. The fourth-order valence-corrected chi connectivity index (χ4v) is 4.72. The molecule has 1 aromatic carbocycles. The van der Waals surface area contributed by atoms with Crippen molar-refractivity contribution < 1.29 is 18.9 Å². The molecule has 2 heterocycles. The van der Waals surface area contributed by atoms with Gasteiger partial charge in [-0.05, 0) is 36.6 Å². The maximum Gasteiger partial charge on any atom is 0.231 e. The Kier molecular flexibility index (Phi) is 7.48. The Morgan fingerprint density at radius 3 is 2.52 bits per heavy atom. The zero-order valence-electron chi connectivity index (χ0n) is 18.2. The van der Waals surface area contributed by atoms with Crippen LogP contribution in [0, 0.1) is 0 Å². The monoisotopic (exact) mass is 442 g/mol. The van der Waals surface area contributed by atoms with Gasteiger partial charge in [-0.3, -0.25) is 4.90 Å². The van der Waals surface area contributed by atoms with Crippen molar-refractivity contribution in [2.45, 2.75) is 17.7 Å². The molecule has 2 aliphatic heterocycles. The molecule has 0 spiro atoms. The second-order valence-electron chi connectivity index (χ2n) is 7.53. The van der Waals surface area contributed by atoms with E-state index in [-0.39, 0.29) is 0 Å². The number of ether oxygens (including phenoxy) is 4. The summed E-state index contributed by atoms with van der Waals surface area (Å²) < 4.78 is 22.4. The second-order valence-corrected chi connectivity index (χ2v) is 8.69. The number of allylic oxidation sites excluding steroid dienone is 4. The van der Waals surface area contributed by atoms with Crippen molar-refractivity contribution in [3.8, 4) is 11.5 Å². The number of thioether (sulfide) groups is 1. The average Bonchev–Trinajstić information content (AvgIpc) is 2.85. The highest BCUT2D eigenvalue weighted by Gasteiger charge is 2.22. The van der Waals surface area contributed by atoms with Crippen molar-refractivity contribution >= 4 is 11.8 Å². The third kappa shape index (κ3) is 5.60. The largest absolute Gasteiger partial charge is 0.493 e. The smallest absolute Gasteiger partial charge is 0.231 e. The summed E-state index contributed by atoms with van der Waals surface area (Å²) in [6, 6.07) is 6.08. The predicted molar refractivity (Wildman–Crippen MR) is 123 cm³/mol. The van der Waals surface area contributed by atoms with Crippen molar-refractivity contribution in [2.75, 3.05) is 52.7 Å². The van der Waals surface area contributed by atoms with E-state index in [1.54, 1.807) is 26.7 Å². The van der Waals surface area contributed by atoms with Crippen LogP contribution in [-0.4, -0.2) is 62.5 Å². The SMILES string of the molecule is COc1ccc(SCCN2CCN(C3=COC(C4=CC=CCC4)=CO3)CC2)cc1OC. The summed E-state index contributed by atoms with van der Waals surface area (Å²) in [5, 5.41) is 0. The first kappa shape index (κ1) is 21.7. The summed E-state index contributed by atoms with van der Waals surface area (Å²) in [5.41, 5.74) is 1.19. The van der Waals surface area contributed by atoms with E-state index in [4.69, 9.17) is 18.9 Å². The molecule has 0 amide bonds. The summed E-state index contributed by atoms with van der Waals surface area (Å²) in [6.45, 7) is 4.95. The number of methoxy groups -OCH3 is 2. The molecule has 166 valence electrons. The highest BCUT2D eigenvalue weighted by molar-refractivity contribution is 7.99. The van der Waals surface area contributed by atoms with Gasteiger partial charge in [-0.1, -0.05) is 18.2 Å². The summed E-state index contributed by atoms with van der Waals surface area (Å²) in [6.07, 6.45) is 11.9. The molecule has 1 aromatic rings. The minimum absolute atomic E-state index is 0.764. The molecule has 1 fully saturated rings. The Morgan fingerprint density at radius 1 is 1.00 bits per heavy atom. The molecule has 31 heavy (non-hydrogen) atoms. The van der Waals surface area contributed by atoms with Crippen LogP contribution in [0.25, 0.3) is 0 Å². The van der Waals surface area contributed by atoms with Crippen LogP contribution in [0.2, 0.25) is 0 Å². The van der Waals surface area contributed by atoms with Crippen molar-refractivity contribution in [1.29, 1.82) is 0 Å². The molecule has 1 aliphatic carbocycles. The van der Waals surface area contributed by atoms with Gasteiger partial charge in [0.15, 0.2) is 23.5 Å². The molecular formula is C24H30N2O4S. The molecule has 0 unspecified atom stereocenters. The predicted octanol–water partition coefficient (Wildman–Crippen LogP) is 4.38. The second kappa shape index (κ2) is 10.7. The molecule has 7 heteroatoms. The van der Waals surface area contributed by atoms with Crippen LogP contribution >= 0.6 is 11.8 Å². The van der Waals surface area contributed by atoms with Crippen LogP contribution in [-0.2, 0) is 9.47 Å². The standard InChI is InChI=1S/C24H30N2O4S/c1-27-21-9-8-20(16-22(21)28-2)31-15-14-25-10-12-26(13-11-25)24-18-29-23(17-30-24)19-6-4-3-5-7-19/h3-4,6,8-9,16-18H,5,7,10-15H2,1-2H3. The summed E-state index contributed by atoms with van der Waals surface area (Å²) >= 11 is 1.84. The van der Waals surface area contributed by atoms with Gasteiger partial charge in [0.2, 0.25) is 5.88 Å². The van der Waals surface area contributed by atoms with Gasteiger partial charge in [0.1, 0.15) is 6.26 Å². The minimum Gasteiger partial charge on any atom is -0.493 e. The van der Waals surface area contributed by atoms with Crippen LogP contribution in [0.5, 0.6) is 11.5 Å². The Balaban J connectivity index is 1.19. The Morgan fingerprint density at radius 2 is 1.84 bits per heavy atom. The van der Waals surface area contributed by atoms with E-state index in [9.17, 15) is 0 Å². The third-order valence-electron chi connectivity index (χ3n) is 5.62. The van der Waals surface area contributed by atoms with Gasteiger partial charge in [-0.2, -0.15) is 0 Å². The molecule has 1 saturated heterocycles. The van der Waals surface area contributed by atoms with Crippen LogP contribution < -0.4 is 9.47 Å². The van der Waals surface area contributed by atoms with Gasteiger partial charge in [0.05, 0.1) is 14.2 Å². The molecule has 3 aliphatic rings. The summed E-state index contributed by atoms with van der Waals surface area (Å²) in [5.74, 6) is 4.19. The lowest BCUT2D eigenvalue weighted by molar-refractivity contribution is 0.0872. The number of rotatable bonds is 8. The minimum atomic E-state index is 0.764. The van der Waals surface area contributed by atoms with Gasteiger partial charge >= 0.3 is 0 Å². The average molecular weight is 443 g/mol. The molecule has 6 nitrogen and oxygen atoms in total. The van der Waals surface area contributed by atoms with Crippen molar-refractivity contribution in [3.63, 3.8) is 0 Å². The molecule has 0 saturated carbocycles. The van der Waals surface area contributed by atoms with Gasteiger partial charge < -0.3 is 23.8 Å². The van der Waals surface area contributed by atoms with Crippen LogP contribution in [0.3, 0.4) is 0 Å². The number of piperazine rings is 1. The van der Waals surface area contributed by atoms with Gasteiger partial charge in [0.25, 0.3) is 0 Å². The number of benzene rings is 1. The van der Waals surface area contributed by atoms with E-state index in [0.29, 0.717) is 0 Å². The molecule has 0 N–H and O–H groups in total. The Hall–Kier alpha value is -2.51. The number of hydrogen-bond acceptors (Lipinski definition) is 7. The Bertz CT molecular complexity index is 886. The molecule has 0 bridgehead atoms. The van der Waals surface area contributed by atoms with E-state index >= 15 is 0 Å². The zero-order chi connectivity index (χ0) is 21.5. The van der Waals surface area contributed by atoms with Crippen molar-refractivity contribution in [2.24, 2.45) is 0 Å². The van der Waals surface area contributed by atoms with Gasteiger partial charge in [0, 0.05) is 43.4 Å². The Labute approximate surface area is 188 Å². The lowest BCUT2D eigenvalue weighted by atomic mass is 10.0. The molecule has 0 aromatic heterocycles. The first-order valence-electron chi connectivity index (χ1n) is 10.7. The summed E-state index contributed by atoms with van der Waals surface area (Å²) in [4.78, 5) is 5.94. The first-order valence-corrected chi connectivity index (χ1v) is 11.7. The van der Waals surface area contributed by atoms with Crippen molar-refractivity contribution in [1.82, 2.24) is 9.80 Å².